The minimum atomic E-state index is -0.152. The molecule has 1 atom stereocenters. The Balaban J connectivity index is 1.82. The molecule has 0 fully saturated rings. The van der Waals surface area contributed by atoms with E-state index in [1.807, 2.05) is 18.2 Å². The first-order chi connectivity index (χ1) is 11.7. The van der Waals surface area contributed by atoms with Gasteiger partial charge in [0.25, 0.3) is 0 Å². The van der Waals surface area contributed by atoms with Crippen molar-refractivity contribution in [2.45, 2.75) is 18.9 Å². The molecule has 2 aromatic carbocycles. The predicted octanol–water partition coefficient (Wildman–Crippen LogP) is 4.01. The molecule has 2 aromatic rings. The molecule has 2 amide bonds. The van der Waals surface area contributed by atoms with Crippen LogP contribution in [0.4, 0.5) is 4.79 Å². The maximum atomic E-state index is 12.2. The minimum absolute atomic E-state index is 0.0958. The Morgan fingerprint density at radius 3 is 2.79 bits per heavy atom. The quantitative estimate of drug-likeness (QED) is 0.705. The number of fused-ring (bicyclic) bond motifs is 2. The molecule has 0 bridgehead atoms. The number of carbonyl (C=O) groups is 1. The number of aryl methyl sites for hydroxylation is 1. The molecule has 0 saturated carbocycles. The zero-order chi connectivity index (χ0) is 16.7. The number of hydrogen-bond acceptors (Lipinski definition) is 2. The Labute approximate surface area is 154 Å². The lowest BCUT2D eigenvalue weighted by atomic mass is 9.83. The summed E-state index contributed by atoms with van der Waals surface area (Å²) in [7, 11) is 1.67. The highest BCUT2D eigenvalue weighted by Crippen LogP contribution is 2.39. The van der Waals surface area contributed by atoms with E-state index in [2.05, 4.69) is 57.5 Å². The molecular formula is C19H17IN2O2. The predicted molar refractivity (Wildman–Crippen MR) is 102 cm³/mol. The maximum absolute atomic E-state index is 12.2. The van der Waals surface area contributed by atoms with Crippen LogP contribution in [0.15, 0.2) is 48.0 Å². The Morgan fingerprint density at radius 1 is 1.17 bits per heavy atom. The van der Waals surface area contributed by atoms with Gasteiger partial charge in [0, 0.05) is 5.56 Å². The Kier molecular flexibility index (Phi) is 3.96. The van der Waals surface area contributed by atoms with Gasteiger partial charge in [-0.1, -0.05) is 30.3 Å². The summed E-state index contributed by atoms with van der Waals surface area (Å²) in [5.74, 6) is 0.850. The lowest BCUT2D eigenvalue weighted by Gasteiger charge is -2.34. The Hall–Kier alpha value is -2.02. The summed E-state index contributed by atoms with van der Waals surface area (Å²) in [6, 6.07) is 14.1. The van der Waals surface area contributed by atoms with Crippen LogP contribution in [0.25, 0.3) is 5.70 Å². The maximum Gasteiger partial charge on any atom is 0.319 e. The summed E-state index contributed by atoms with van der Waals surface area (Å²) in [6.45, 7) is 0. The van der Waals surface area contributed by atoms with Gasteiger partial charge in [0.05, 0.1) is 22.4 Å². The van der Waals surface area contributed by atoms with E-state index in [1.54, 1.807) is 7.11 Å². The molecule has 4 nitrogen and oxygen atoms in total. The van der Waals surface area contributed by atoms with E-state index in [0.29, 0.717) is 0 Å². The molecule has 24 heavy (non-hydrogen) atoms. The van der Waals surface area contributed by atoms with E-state index in [-0.39, 0.29) is 12.1 Å². The minimum Gasteiger partial charge on any atom is -0.496 e. The van der Waals surface area contributed by atoms with Crippen molar-refractivity contribution in [3.63, 3.8) is 0 Å². The molecule has 0 spiro atoms. The van der Waals surface area contributed by atoms with Gasteiger partial charge < -0.3 is 15.4 Å². The van der Waals surface area contributed by atoms with Crippen LogP contribution in [0, 0.1) is 3.57 Å². The van der Waals surface area contributed by atoms with Gasteiger partial charge in [-0.3, -0.25) is 0 Å². The van der Waals surface area contributed by atoms with Crippen LogP contribution in [0.2, 0.25) is 0 Å². The SMILES string of the molecule is COc1ccc(C2NC(=O)NC3=C2CCc2ccccc23)cc1I. The average molecular weight is 432 g/mol. The second-order valence-corrected chi connectivity index (χ2v) is 7.15. The standard InChI is InChI=1S/C19H17IN2O2/c1-24-16-9-7-12(10-15(16)20)17-14-8-6-11-4-2-3-5-13(11)18(14)22-19(23)21-17/h2-5,7,9-10,17H,6,8H2,1H3,(H2,21,22,23). The van der Waals surface area contributed by atoms with Gasteiger partial charge in [0.15, 0.2) is 0 Å². The first-order valence-corrected chi connectivity index (χ1v) is 8.97. The number of amides is 2. The topological polar surface area (TPSA) is 50.4 Å². The zero-order valence-electron chi connectivity index (χ0n) is 13.2. The van der Waals surface area contributed by atoms with Gasteiger partial charge in [-0.15, -0.1) is 0 Å². The van der Waals surface area contributed by atoms with Crippen molar-refractivity contribution < 1.29 is 9.53 Å². The number of nitrogens with one attached hydrogen (secondary N) is 2. The molecule has 2 N–H and O–H groups in total. The number of urea groups is 1. The molecule has 2 aliphatic rings. The van der Waals surface area contributed by atoms with E-state index < -0.39 is 0 Å². The fraction of sp³-hybridized carbons (Fsp3) is 0.211. The van der Waals surface area contributed by atoms with Crippen LogP contribution >= 0.6 is 22.6 Å². The summed E-state index contributed by atoms with van der Waals surface area (Å²) in [4.78, 5) is 12.2. The van der Waals surface area contributed by atoms with Crippen LogP contribution in [0.3, 0.4) is 0 Å². The molecule has 1 aliphatic heterocycles. The van der Waals surface area contributed by atoms with E-state index in [0.717, 1.165) is 39.0 Å². The number of methoxy groups -OCH3 is 1. The van der Waals surface area contributed by atoms with Crippen molar-refractivity contribution in [2.24, 2.45) is 0 Å². The third-order valence-corrected chi connectivity index (χ3v) is 5.49. The Morgan fingerprint density at radius 2 is 2.00 bits per heavy atom. The molecule has 5 heteroatoms. The monoisotopic (exact) mass is 432 g/mol. The molecule has 122 valence electrons. The van der Waals surface area contributed by atoms with Crippen molar-refractivity contribution in [1.29, 1.82) is 0 Å². The third-order valence-electron chi connectivity index (χ3n) is 4.64. The number of hydrogen-bond donors (Lipinski definition) is 2. The summed E-state index contributed by atoms with van der Waals surface area (Å²) in [5, 5.41) is 6.09. The second kappa shape index (κ2) is 6.12. The fourth-order valence-electron chi connectivity index (χ4n) is 3.50. The highest BCUT2D eigenvalue weighted by molar-refractivity contribution is 14.1. The number of halogens is 1. The summed E-state index contributed by atoms with van der Waals surface area (Å²) in [5.41, 5.74) is 5.73. The Bertz CT molecular complexity index is 860. The van der Waals surface area contributed by atoms with Crippen molar-refractivity contribution in [3.05, 3.63) is 68.3 Å². The summed E-state index contributed by atoms with van der Waals surface area (Å²) >= 11 is 2.27. The van der Waals surface area contributed by atoms with Crippen LogP contribution in [0.5, 0.6) is 5.75 Å². The summed E-state index contributed by atoms with van der Waals surface area (Å²) in [6.07, 6.45) is 1.93. The van der Waals surface area contributed by atoms with Crippen LogP contribution < -0.4 is 15.4 Å². The third kappa shape index (κ3) is 2.56. The number of ether oxygens (including phenoxy) is 1. The molecule has 0 aromatic heterocycles. The molecule has 0 radical (unpaired) electrons. The molecule has 1 heterocycles. The van der Waals surface area contributed by atoms with Gasteiger partial charge in [0.2, 0.25) is 0 Å². The van der Waals surface area contributed by atoms with Crippen molar-refractivity contribution in [1.82, 2.24) is 10.6 Å². The van der Waals surface area contributed by atoms with Crippen LogP contribution in [-0.4, -0.2) is 13.1 Å². The highest BCUT2D eigenvalue weighted by atomic mass is 127. The van der Waals surface area contributed by atoms with E-state index >= 15 is 0 Å². The normalized spacial score (nSPS) is 19.1. The van der Waals surface area contributed by atoms with E-state index in [9.17, 15) is 4.79 Å². The number of benzene rings is 2. The smallest absolute Gasteiger partial charge is 0.319 e. The van der Waals surface area contributed by atoms with Gasteiger partial charge in [-0.25, -0.2) is 4.79 Å². The number of rotatable bonds is 2. The van der Waals surface area contributed by atoms with Gasteiger partial charge in [-0.2, -0.15) is 0 Å². The average Bonchev–Trinajstić information content (AvgIpc) is 2.61. The van der Waals surface area contributed by atoms with E-state index in [4.69, 9.17) is 4.74 Å². The zero-order valence-corrected chi connectivity index (χ0v) is 15.4. The number of carbonyl (C=O) groups excluding carboxylic acids is 1. The first-order valence-electron chi connectivity index (χ1n) is 7.89. The molecule has 0 saturated heterocycles. The van der Waals surface area contributed by atoms with E-state index in [1.165, 1.54) is 11.1 Å². The highest BCUT2D eigenvalue weighted by Gasteiger charge is 2.32. The lowest BCUT2D eigenvalue weighted by molar-refractivity contribution is 0.240. The van der Waals surface area contributed by atoms with Crippen molar-refractivity contribution in [2.75, 3.05) is 7.11 Å². The largest absolute Gasteiger partial charge is 0.496 e. The van der Waals surface area contributed by atoms with Gasteiger partial charge >= 0.3 is 6.03 Å². The van der Waals surface area contributed by atoms with Crippen molar-refractivity contribution >= 4 is 34.3 Å². The second-order valence-electron chi connectivity index (χ2n) is 5.98. The first kappa shape index (κ1) is 15.5. The van der Waals surface area contributed by atoms with Crippen molar-refractivity contribution in [3.8, 4) is 5.75 Å². The summed E-state index contributed by atoms with van der Waals surface area (Å²) < 4.78 is 6.38. The van der Waals surface area contributed by atoms with Gasteiger partial charge in [-0.05, 0) is 64.3 Å². The van der Waals surface area contributed by atoms with Crippen LogP contribution in [-0.2, 0) is 6.42 Å². The van der Waals surface area contributed by atoms with Gasteiger partial charge in [0.1, 0.15) is 5.75 Å². The van der Waals surface area contributed by atoms with Crippen LogP contribution in [0.1, 0.15) is 29.2 Å². The molecule has 1 unspecified atom stereocenters. The molecule has 1 aliphatic carbocycles. The lowest BCUT2D eigenvalue weighted by Crippen LogP contribution is -2.44. The molecule has 4 rings (SSSR count). The molecular weight excluding hydrogens is 415 g/mol. The fourth-order valence-corrected chi connectivity index (χ4v) is 4.26.